The van der Waals surface area contributed by atoms with Gasteiger partial charge in [0.05, 0.1) is 10.9 Å². The Bertz CT molecular complexity index is 849. The zero-order valence-electron chi connectivity index (χ0n) is 14.0. The zero-order valence-corrected chi connectivity index (χ0v) is 14.8. The van der Waals surface area contributed by atoms with Crippen molar-refractivity contribution in [3.8, 4) is 11.5 Å². The molecule has 0 aliphatic carbocycles. The summed E-state index contributed by atoms with van der Waals surface area (Å²) in [6, 6.07) is 6.46. The van der Waals surface area contributed by atoms with Gasteiger partial charge in [0.15, 0.2) is 5.82 Å². The first-order valence-corrected chi connectivity index (χ1v) is 9.45. The molecule has 0 bridgehead atoms. The van der Waals surface area contributed by atoms with Gasteiger partial charge in [-0.05, 0) is 25.2 Å². The zero-order chi connectivity index (χ0) is 17.9. The summed E-state index contributed by atoms with van der Waals surface area (Å²) in [5.74, 6) is 0.887. The summed E-state index contributed by atoms with van der Waals surface area (Å²) in [6.07, 6.45) is 1.49. The van der Waals surface area contributed by atoms with E-state index in [2.05, 4.69) is 31.7 Å². The molecule has 134 valence electrons. The Morgan fingerprint density at radius 1 is 1.52 bits per heavy atom. The molecule has 1 fully saturated rings. The number of hydrogen-bond donors (Lipinski definition) is 2. The summed E-state index contributed by atoms with van der Waals surface area (Å²) in [5.41, 5.74) is 0.562. The van der Waals surface area contributed by atoms with Crippen molar-refractivity contribution in [2.24, 2.45) is 0 Å². The number of aromatic nitrogens is 2. The Morgan fingerprint density at radius 3 is 3.12 bits per heavy atom. The van der Waals surface area contributed by atoms with Gasteiger partial charge in [0, 0.05) is 31.7 Å². The molecular weight excluding hydrogens is 342 g/mol. The average molecular weight is 363 g/mol. The van der Waals surface area contributed by atoms with Gasteiger partial charge in [0.2, 0.25) is 10.0 Å². The molecule has 3 rings (SSSR count). The summed E-state index contributed by atoms with van der Waals surface area (Å²) >= 11 is 0. The van der Waals surface area contributed by atoms with E-state index in [9.17, 15) is 8.42 Å². The molecule has 2 aromatic rings. The second-order valence-corrected chi connectivity index (χ2v) is 7.59. The summed E-state index contributed by atoms with van der Waals surface area (Å²) in [7, 11) is -1.59. The van der Waals surface area contributed by atoms with Crippen LogP contribution in [0.4, 0.5) is 0 Å². The van der Waals surface area contributed by atoms with Crippen LogP contribution >= 0.6 is 0 Å². The molecule has 1 atom stereocenters. The summed E-state index contributed by atoms with van der Waals surface area (Å²) in [6.45, 7) is 6.24. The van der Waals surface area contributed by atoms with Crippen LogP contribution in [0.2, 0.25) is 0 Å². The van der Waals surface area contributed by atoms with Crippen LogP contribution in [0.1, 0.15) is 11.9 Å². The lowest BCUT2D eigenvalue weighted by Crippen LogP contribution is -2.44. The van der Waals surface area contributed by atoms with E-state index in [4.69, 9.17) is 4.52 Å². The molecular formula is C16H21N5O3S. The van der Waals surface area contributed by atoms with Crippen molar-refractivity contribution in [3.63, 3.8) is 0 Å². The van der Waals surface area contributed by atoms with E-state index in [0.29, 0.717) is 17.3 Å². The molecule has 1 aliphatic rings. The summed E-state index contributed by atoms with van der Waals surface area (Å²) in [5, 5.41) is 7.36. The molecule has 9 heteroatoms. The van der Waals surface area contributed by atoms with Crippen LogP contribution in [0.25, 0.3) is 11.5 Å². The topological polar surface area (TPSA) is 100 Å². The Kier molecular flexibility index (Phi) is 5.28. The molecule has 0 spiro atoms. The van der Waals surface area contributed by atoms with Gasteiger partial charge in [-0.1, -0.05) is 17.3 Å². The Morgan fingerprint density at radius 2 is 2.36 bits per heavy atom. The lowest BCUT2D eigenvalue weighted by Gasteiger charge is -2.30. The first kappa shape index (κ1) is 17.7. The molecule has 1 saturated heterocycles. The highest BCUT2D eigenvalue weighted by atomic mass is 32.2. The van der Waals surface area contributed by atoms with Crippen LogP contribution in [0.15, 0.2) is 46.3 Å². The minimum absolute atomic E-state index is 0.0347. The normalized spacial score (nSPS) is 19.0. The fourth-order valence-corrected chi connectivity index (χ4v) is 3.67. The molecule has 2 heterocycles. The predicted octanol–water partition coefficient (Wildman–Crippen LogP) is 0.777. The lowest BCUT2D eigenvalue weighted by atomic mass is 10.2. The molecule has 0 radical (unpaired) electrons. The van der Waals surface area contributed by atoms with Crippen LogP contribution in [0, 0.1) is 0 Å². The van der Waals surface area contributed by atoms with Crippen molar-refractivity contribution in [2.45, 2.75) is 10.9 Å². The van der Waals surface area contributed by atoms with Gasteiger partial charge >= 0.3 is 0 Å². The SMILES string of the molecule is C=CCNS(=O)(=O)c1cccc(-c2nc(C3CNCCN3C)no2)c1. The van der Waals surface area contributed by atoms with Gasteiger partial charge in [-0.3, -0.25) is 4.90 Å². The first-order chi connectivity index (χ1) is 12.0. The van der Waals surface area contributed by atoms with Crippen LogP contribution in [-0.2, 0) is 10.0 Å². The third-order valence-electron chi connectivity index (χ3n) is 4.06. The van der Waals surface area contributed by atoms with Gasteiger partial charge in [-0.2, -0.15) is 4.98 Å². The minimum Gasteiger partial charge on any atom is -0.334 e. The number of likely N-dealkylation sites (N-methyl/N-ethyl adjacent to an activating group) is 1. The maximum atomic E-state index is 12.2. The van der Waals surface area contributed by atoms with Crippen LogP contribution in [-0.4, -0.2) is 56.7 Å². The van der Waals surface area contributed by atoms with Gasteiger partial charge in [0.25, 0.3) is 5.89 Å². The van der Waals surface area contributed by atoms with E-state index in [-0.39, 0.29) is 17.5 Å². The van der Waals surface area contributed by atoms with Crippen molar-refractivity contribution in [1.29, 1.82) is 0 Å². The van der Waals surface area contributed by atoms with Crippen molar-refractivity contribution < 1.29 is 12.9 Å². The Labute approximate surface area is 147 Å². The number of nitrogens with zero attached hydrogens (tertiary/aromatic N) is 3. The highest BCUT2D eigenvalue weighted by Gasteiger charge is 2.25. The molecule has 1 unspecified atom stereocenters. The standard InChI is InChI=1S/C16H21N5O3S/c1-3-7-18-25(22,23)13-6-4-5-12(10-13)16-19-15(20-24-16)14-11-17-8-9-21(14)2/h3-6,10,14,17-18H,1,7-9,11H2,2H3. The highest BCUT2D eigenvalue weighted by Crippen LogP contribution is 2.24. The monoisotopic (exact) mass is 363 g/mol. The highest BCUT2D eigenvalue weighted by molar-refractivity contribution is 7.89. The van der Waals surface area contributed by atoms with Gasteiger partial charge in [-0.15, -0.1) is 6.58 Å². The summed E-state index contributed by atoms with van der Waals surface area (Å²) in [4.78, 5) is 6.75. The fraction of sp³-hybridized carbons (Fsp3) is 0.375. The van der Waals surface area contributed by atoms with Gasteiger partial charge in [-0.25, -0.2) is 13.1 Å². The number of sulfonamides is 1. The van der Waals surface area contributed by atoms with E-state index in [1.165, 1.54) is 18.2 Å². The van der Waals surface area contributed by atoms with E-state index in [1.807, 2.05) is 7.05 Å². The lowest BCUT2D eigenvalue weighted by molar-refractivity contribution is 0.190. The van der Waals surface area contributed by atoms with Crippen molar-refractivity contribution in [1.82, 2.24) is 25.1 Å². The van der Waals surface area contributed by atoms with Crippen LogP contribution in [0.3, 0.4) is 0 Å². The molecule has 8 nitrogen and oxygen atoms in total. The minimum atomic E-state index is -3.60. The van der Waals surface area contributed by atoms with Crippen molar-refractivity contribution in [3.05, 3.63) is 42.7 Å². The third-order valence-corrected chi connectivity index (χ3v) is 5.48. The maximum Gasteiger partial charge on any atom is 0.258 e. The molecule has 25 heavy (non-hydrogen) atoms. The van der Waals surface area contributed by atoms with Crippen LogP contribution in [0.5, 0.6) is 0 Å². The Hall–Kier alpha value is -2.07. The van der Waals surface area contributed by atoms with Crippen LogP contribution < -0.4 is 10.0 Å². The Balaban J connectivity index is 1.85. The number of rotatable bonds is 6. The number of nitrogens with one attached hydrogen (secondary N) is 2. The number of hydrogen-bond acceptors (Lipinski definition) is 7. The number of piperazine rings is 1. The van der Waals surface area contributed by atoms with Crippen molar-refractivity contribution in [2.75, 3.05) is 33.2 Å². The quantitative estimate of drug-likeness (QED) is 0.731. The molecule has 0 saturated carbocycles. The van der Waals surface area contributed by atoms with Crippen molar-refractivity contribution >= 4 is 10.0 Å². The van der Waals surface area contributed by atoms with E-state index in [0.717, 1.165) is 19.6 Å². The second kappa shape index (κ2) is 7.44. The van der Waals surface area contributed by atoms with E-state index < -0.39 is 10.0 Å². The molecule has 1 aromatic carbocycles. The third kappa shape index (κ3) is 3.96. The van der Waals surface area contributed by atoms with Gasteiger partial charge < -0.3 is 9.84 Å². The summed E-state index contributed by atoms with van der Waals surface area (Å²) < 4.78 is 32.3. The average Bonchev–Trinajstić information content (AvgIpc) is 3.10. The van der Waals surface area contributed by atoms with Gasteiger partial charge in [0.1, 0.15) is 0 Å². The molecule has 0 amide bonds. The molecule has 1 aromatic heterocycles. The second-order valence-electron chi connectivity index (χ2n) is 5.83. The maximum absolute atomic E-state index is 12.2. The largest absolute Gasteiger partial charge is 0.334 e. The first-order valence-electron chi connectivity index (χ1n) is 7.97. The number of benzene rings is 1. The smallest absolute Gasteiger partial charge is 0.258 e. The molecule has 1 aliphatic heterocycles. The van der Waals surface area contributed by atoms with E-state index >= 15 is 0 Å². The fourth-order valence-electron chi connectivity index (χ4n) is 2.63. The molecule has 2 N–H and O–H groups in total. The predicted molar refractivity (Wildman–Crippen MR) is 93.4 cm³/mol. The van der Waals surface area contributed by atoms with E-state index in [1.54, 1.807) is 12.1 Å².